The van der Waals surface area contributed by atoms with E-state index in [2.05, 4.69) is 32.5 Å². The van der Waals surface area contributed by atoms with Gasteiger partial charge in [0.05, 0.1) is 12.2 Å². The zero-order valence-corrected chi connectivity index (χ0v) is 22.8. The Hall–Kier alpha value is -3.44. The number of halogens is 2. The largest absolute Gasteiger partial charge is 0.328 e. The Morgan fingerprint density at radius 1 is 1.24 bits per heavy atom. The Kier molecular flexibility index (Phi) is 7.40. The second-order valence-corrected chi connectivity index (χ2v) is 10.6. The molecule has 11 heteroatoms. The van der Waals surface area contributed by atoms with Crippen LogP contribution >= 0.6 is 11.8 Å². The minimum absolute atomic E-state index is 0.152. The molecule has 38 heavy (non-hydrogen) atoms. The topological polar surface area (TPSA) is 86.2 Å². The Morgan fingerprint density at radius 2 is 1.95 bits per heavy atom. The predicted molar refractivity (Wildman–Crippen MR) is 150 cm³/mol. The van der Waals surface area contributed by atoms with E-state index in [0.717, 1.165) is 48.3 Å². The molecule has 0 atom stereocenters. The molecule has 1 aliphatic heterocycles. The summed E-state index contributed by atoms with van der Waals surface area (Å²) < 4.78 is 31.8. The minimum atomic E-state index is -0.641. The molecule has 8 nitrogen and oxygen atoms in total. The van der Waals surface area contributed by atoms with Gasteiger partial charge in [-0.25, -0.2) is 13.8 Å². The number of thioether (sulfide) groups is 1. The monoisotopic (exact) mass is 538 g/mol. The van der Waals surface area contributed by atoms with Crippen molar-refractivity contribution in [2.45, 2.75) is 37.6 Å². The number of nitrogens with one attached hydrogen (secondary N) is 3. The van der Waals surface area contributed by atoms with Crippen molar-refractivity contribution < 1.29 is 8.78 Å². The third kappa shape index (κ3) is 5.39. The lowest BCUT2D eigenvalue weighted by Crippen LogP contribution is -2.43. The first-order valence-corrected chi connectivity index (χ1v) is 13.8. The van der Waals surface area contributed by atoms with Gasteiger partial charge in [0.25, 0.3) is 0 Å². The minimum Gasteiger partial charge on any atom is -0.328 e. The number of hydrogen-bond donors (Lipinski definition) is 3. The van der Waals surface area contributed by atoms with Crippen LogP contribution in [-0.2, 0) is 0 Å². The van der Waals surface area contributed by atoms with E-state index >= 15 is 0 Å². The van der Waals surface area contributed by atoms with Crippen molar-refractivity contribution in [2.75, 3.05) is 36.6 Å². The average molecular weight is 539 g/mol. The molecule has 2 aromatic heterocycles. The molecular formula is C27H32F2N8S. The fourth-order valence-electron chi connectivity index (χ4n) is 4.40. The van der Waals surface area contributed by atoms with Crippen molar-refractivity contribution in [1.82, 2.24) is 25.3 Å². The number of amidine groups is 1. The number of aryl methyl sites for hydroxylation is 1. The van der Waals surface area contributed by atoms with Crippen LogP contribution in [0.5, 0.6) is 0 Å². The Morgan fingerprint density at radius 3 is 2.50 bits per heavy atom. The summed E-state index contributed by atoms with van der Waals surface area (Å²) in [4.78, 5) is 6.83. The standard InChI is InChI=1S/C27H32F2N8S/c1-15-8-24(35-34-15)33-27(32-17(3)36(4)26-22(28)9-21(38-5)10-23(26)29)25(18-6-7-18)16(2)19-11-31-37(14-19)20-12-30-13-20/h8-11,14,18,20,30H,2,6-7,12-13H2,1,3-5H3,(H2,33,34,35)/b27-25-,32-17+. The summed E-state index contributed by atoms with van der Waals surface area (Å²) >= 11 is 1.29. The Bertz CT molecular complexity index is 1390. The Balaban J connectivity index is 1.55. The normalized spacial score (nSPS) is 16.7. The summed E-state index contributed by atoms with van der Waals surface area (Å²) in [6.45, 7) is 9.86. The first kappa shape index (κ1) is 26.2. The third-order valence-corrected chi connectivity index (χ3v) is 7.63. The van der Waals surface area contributed by atoms with Crippen LogP contribution < -0.4 is 15.5 Å². The number of aliphatic imine (C=N–C) groups is 1. The van der Waals surface area contributed by atoms with Crippen LogP contribution in [0.25, 0.3) is 5.57 Å². The van der Waals surface area contributed by atoms with Gasteiger partial charge in [-0.2, -0.15) is 10.2 Å². The van der Waals surface area contributed by atoms with E-state index in [4.69, 9.17) is 4.99 Å². The van der Waals surface area contributed by atoms with Gasteiger partial charge in [-0.3, -0.25) is 9.78 Å². The zero-order valence-electron chi connectivity index (χ0n) is 22.0. The highest BCUT2D eigenvalue weighted by Crippen LogP contribution is 2.44. The molecule has 0 amide bonds. The highest BCUT2D eigenvalue weighted by Gasteiger charge is 2.32. The summed E-state index contributed by atoms with van der Waals surface area (Å²) in [7, 11) is 1.61. The molecule has 1 aromatic carbocycles. The van der Waals surface area contributed by atoms with E-state index in [-0.39, 0.29) is 11.6 Å². The van der Waals surface area contributed by atoms with E-state index in [9.17, 15) is 8.78 Å². The van der Waals surface area contributed by atoms with Gasteiger partial charge in [0.1, 0.15) is 17.3 Å². The van der Waals surface area contributed by atoms with Crippen molar-refractivity contribution in [3.05, 3.63) is 71.5 Å². The lowest BCUT2D eigenvalue weighted by atomic mass is 9.98. The lowest BCUT2D eigenvalue weighted by Gasteiger charge is -2.27. The number of H-pyrrole nitrogens is 1. The second kappa shape index (κ2) is 10.7. The number of aromatic amines is 1. The molecule has 3 aromatic rings. The molecule has 1 saturated carbocycles. The summed E-state index contributed by atoms with van der Waals surface area (Å²) in [5.41, 5.74) is 3.43. The van der Waals surface area contributed by atoms with Gasteiger partial charge in [0.15, 0.2) is 17.5 Å². The smallest absolute Gasteiger partial charge is 0.153 e. The molecule has 0 radical (unpaired) electrons. The van der Waals surface area contributed by atoms with Gasteiger partial charge in [-0.15, -0.1) is 11.8 Å². The van der Waals surface area contributed by atoms with Gasteiger partial charge in [-0.1, -0.05) is 6.58 Å². The van der Waals surface area contributed by atoms with E-state index in [0.29, 0.717) is 28.4 Å². The van der Waals surface area contributed by atoms with Crippen LogP contribution in [0.3, 0.4) is 0 Å². The summed E-state index contributed by atoms with van der Waals surface area (Å²) in [6, 6.07) is 4.89. The molecule has 2 aliphatic rings. The molecule has 0 unspecified atom stereocenters. The first-order chi connectivity index (χ1) is 18.2. The van der Waals surface area contributed by atoms with Crippen LogP contribution in [0, 0.1) is 24.5 Å². The van der Waals surface area contributed by atoms with Crippen molar-refractivity contribution in [3.63, 3.8) is 0 Å². The van der Waals surface area contributed by atoms with E-state index < -0.39 is 11.6 Å². The third-order valence-electron chi connectivity index (χ3n) is 6.92. The highest BCUT2D eigenvalue weighted by atomic mass is 32.2. The Labute approximate surface area is 225 Å². The van der Waals surface area contributed by atoms with Crippen molar-refractivity contribution in [3.8, 4) is 0 Å². The van der Waals surface area contributed by atoms with E-state index in [1.54, 1.807) is 20.2 Å². The average Bonchev–Trinajstić information content (AvgIpc) is 3.40. The summed E-state index contributed by atoms with van der Waals surface area (Å²) in [5, 5.41) is 18.4. The fourth-order valence-corrected chi connectivity index (χ4v) is 4.84. The zero-order chi connectivity index (χ0) is 27.0. The van der Waals surface area contributed by atoms with E-state index in [1.807, 2.05) is 30.1 Å². The number of rotatable bonds is 9. The number of anilines is 2. The second-order valence-electron chi connectivity index (χ2n) is 9.76. The first-order valence-electron chi connectivity index (χ1n) is 12.5. The maximum absolute atomic E-state index is 14.9. The summed E-state index contributed by atoms with van der Waals surface area (Å²) in [6.07, 6.45) is 7.64. The van der Waals surface area contributed by atoms with Gasteiger partial charge in [-0.05, 0) is 56.6 Å². The maximum atomic E-state index is 14.9. The van der Waals surface area contributed by atoms with Crippen molar-refractivity contribution in [2.24, 2.45) is 10.9 Å². The molecule has 3 N–H and O–H groups in total. The molecule has 3 heterocycles. The van der Waals surface area contributed by atoms with E-state index in [1.165, 1.54) is 28.8 Å². The van der Waals surface area contributed by atoms with Gasteiger partial charge < -0.3 is 15.5 Å². The quantitative estimate of drug-likeness (QED) is 0.147. The molecule has 200 valence electrons. The lowest BCUT2D eigenvalue weighted by molar-refractivity contribution is 0.318. The fraction of sp³-hybridized carbons (Fsp3) is 0.370. The predicted octanol–water partition coefficient (Wildman–Crippen LogP) is 5.36. The molecule has 2 fully saturated rings. The van der Waals surface area contributed by atoms with Crippen LogP contribution in [0.15, 0.2) is 58.5 Å². The van der Waals surface area contributed by atoms with Crippen LogP contribution in [0.4, 0.5) is 20.3 Å². The van der Waals surface area contributed by atoms with Gasteiger partial charge in [0, 0.05) is 54.1 Å². The number of benzene rings is 1. The van der Waals surface area contributed by atoms with Crippen LogP contribution in [0.1, 0.15) is 37.1 Å². The SMILES string of the molecule is C=C(/C(=C(\N=C(/C)N(C)c1c(F)cc(SC)cc1F)Nc1cc(C)[nH]n1)C1CC1)c1cnn(C2CNC2)c1. The van der Waals surface area contributed by atoms with Crippen LogP contribution in [0.2, 0.25) is 0 Å². The maximum Gasteiger partial charge on any atom is 0.153 e. The van der Waals surface area contributed by atoms with Gasteiger partial charge in [0.2, 0.25) is 0 Å². The number of nitrogens with zero attached hydrogens (tertiary/aromatic N) is 5. The highest BCUT2D eigenvalue weighted by molar-refractivity contribution is 7.98. The molecule has 0 spiro atoms. The number of hydrogen-bond acceptors (Lipinski definition) is 6. The van der Waals surface area contributed by atoms with Gasteiger partial charge >= 0.3 is 0 Å². The molecule has 1 aliphatic carbocycles. The molecule has 0 bridgehead atoms. The number of aromatic nitrogens is 4. The number of allylic oxidation sites excluding steroid dienone is 2. The van der Waals surface area contributed by atoms with Crippen LogP contribution in [-0.4, -0.2) is 52.2 Å². The summed E-state index contributed by atoms with van der Waals surface area (Å²) in [5.74, 6) is 0.537. The molecular weight excluding hydrogens is 506 g/mol. The van der Waals surface area contributed by atoms with Crippen molar-refractivity contribution >= 4 is 34.7 Å². The molecule has 5 rings (SSSR count). The van der Waals surface area contributed by atoms with Crippen molar-refractivity contribution in [1.29, 1.82) is 0 Å². The molecule has 1 saturated heterocycles.